The number of carbonyl (C=O) groups excluding carboxylic acids is 1. The van der Waals surface area contributed by atoms with Gasteiger partial charge in [0.25, 0.3) is 0 Å². The molecule has 1 aromatic heterocycles. The van der Waals surface area contributed by atoms with Crippen LogP contribution >= 0.6 is 24.0 Å². The monoisotopic (exact) mass is 312 g/mol. The van der Waals surface area contributed by atoms with E-state index < -0.39 is 10.9 Å². The highest BCUT2D eigenvalue weighted by molar-refractivity contribution is 7.82. The second-order valence-corrected chi connectivity index (χ2v) is 6.09. The van der Waals surface area contributed by atoms with Gasteiger partial charge in [-0.2, -0.15) is 0 Å². The van der Waals surface area contributed by atoms with Gasteiger partial charge in [0.15, 0.2) is 5.13 Å². The SMILES string of the molecule is CCOC(=O)C(C)(S)Oc1ccc2nc(NC)sc2c1. The van der Waals surface area contributed by atoms with Crippen LogP contribution in [0.1, 0.15) is 13.8 Å². The molecule has 0 bridgehead atoms. The number of nitrogens with zero attached hydrogens (tertiary/aromatic N) is 1. The quantitative estimate of drug-likeness (QED) is 0.505. The maximum absolute atomic E-state index is 11.7. The minimum absolute atomic E-state index is 0.289. The maximum atomic E-state index is 11.7. The summed E-state index contributed by atoms with van der Waals surface area (Å²) in [7, 11) is 1.82. The van der Waals surface area contributed by atoms with Gasteiger partial charge in [0.05, 0.1) is 16.8 Å². The van der Waals surface area contributed by atoms with Crippen molar-refractivity contribution in [3.8, 4) is 5.75 Å². The number of anilines is 1. The predicted octanol–water partition coefficient (Wildman–Crippen LogP) is 2.93. The van der Waals surface area contributed by atoms with Crippen molar-refractivity contribution in [3.05, 3.63) is 18.2 Å². The summed E-state index contributed by atoms with van der Waals surface area (Å²) in [5.74, 6) is 0.0398. The van der Waals surface area contributed by atoms with E-state index in [4.69, 9.17) is 9.47 Å². The van der Waals surface area contributed by atoms with Gasteiger partial charge >= 0.3 is 5.97 Å². The number of rotatable bonds is 5. The van der Waals surface area contributed by atoms with Crippen LogP contribution in [0.5, 0.6) is 5.75 Å². The van der Waals surface area contributed by atoms with Crippen molar-refractivity contribution in [1.82, 2.24) is 4.98 Å². The Bertz CT molecular complexity index is 625. The lowest BCUT2D eigenvalue weighted by Gasteiger charge is -2.22. The Balaban J connectivity index is 2.22. The van der Waals surface area contributed by atoms with E-state index >= 15 is 0 Å². The molecule has 2 aromatic rings. The van der Waals surface area contributed by atoms with Crippen molar-refractivity contribution in [1.29, 1.82) is 0 Å². The zero-order valence-electron chi connectivity index (χ0n) is 11.5. The van der Waals surface area contributed by atoms with Crippen molar-refractivity contribution in [2.75, 3.05) is 19.0 Å². The first-order chi connectivity index (χ1) is 9.46. The van der Waals surface area contributed by atoms with Gasteiger partial charge in [-0.05, 0) is 32.0 Å². The Morgan fingerprint density at radius 3 is 2.95 bits per heavy atom. The first-order valence-corrected chi connectivity index (χ1v) is 7.39. The Labute approximate surface area is 126 Å². The summed E-state index contributed by atoms with van der Waals surface area (Å²) in [5, 5.41) is 3.83. The molecule has 1 aromatic carbocycles. The highest BCUT2D eigenvalue weighted by atomic mass is 32.1. The van der Waals surface area contributed by atoms with Crippen LogP contribution in [0.25, 0.3) is 10.2 Å². The van der Waals surface area contributed by atoms with E-state index in [0.29, 0.717) is 5.75 Å². The fraction of sp³-hybridized carbons (Fsp3) is 0.385. The third-order valence-electron chi connectivity index (χ3n) is 2.54. The Morgan fingerprint density at radius 2 is 2.30 bits per heavy atom. The molecule has 0 spiro atoms. The van der Waals surface area contributed by atoms with E-state index in [1.54, 1.807) is 19.9 Å². The zero-order valence-corrected chi connectivity index (χ0v) is 13.2. The Hall–Kier alpha value is -1.47. The summed E-state index contributed by atoms with van der Waals surface area (Å²) in [4.78, 5) is 14.8. The molecule has 0 fully saturated rings. The lowest BCUT2D eigenvalue weighted by atomic mass is 10.3. The molecule has 0 aliphatic carbocycles. The molecule has 5 nitrogen and oxygen atoms in total. The molecule has 0 amide bonds. The number of ether oxygens (including phenoxy) is 2. The topological polar surface area (TPSA) is 60.5 Å². The zero-order chi connectivity index (χ0) is 14.8. The van der Waals surface area contributed by atoms with E-state index in [2.05, 4.69) is 22.9 Å². The number of fused-ring (bicyclic) bond motifs is 1. The minimum atomic E-state index is -1.32. The van der Waals surface area contributed by atoms with Crippen molar-refractivity contribution in [3.63, 3.8) is 0 Å². The summed E-state index contributed by atoms with van der Waals surface area (Å²) < 4.78 is 11.5. The first kappa shape index (κ1) is 14.9. The van der Waals surface area contributed by atoms with Crippen molar-refractivity contribution >= 4 is 45.3 Å². The van der Waals surface area contributed by atoms with E-state index in [0.717, 1.165) is 15.3 Å². The summed E-state index contributed by atoms with van der Waals surface area (Å²) in [6.07, 6.45) is 0. The van der Waals surface area contributed by atoms with Crippen molar-refractivity contribution in [2.24, 2.45) is 0 Å². The van der Waals surface area contributed by atoms with Crippen LogP contribution in [-0.2, 0) is 9.53 Å². The molecule has 20 heavy (non-hydrogen) atoms. The highest BCUT2D eigenvalue weighted by Gasteiger charge is 2.33. The molecule has 108 valence electrons. The van der Waals surface area contributed by atoms with Crippen LogP contribution in [-0.4, -0.2) is 29.5 Å². The smallest absolute Gasteiger partial charge is 0.360 e. The minimum Gasteiger partial charge on any atom is -0.466 e. The number of thiazole rings is 1. The molecule has 0 radical (unpaired) electrons. The lowest BCUT2D eigenvalue weighted by molar-refractivity contribution is -0.152. The Kier molecular flexibility index (Phi) is 4.39. The molecule has 0 saturated heterocycles. The van der Waals surface area contributed by atoms with Crippen molar-refractivity contribution < 1.29 is 14.3 Å². The summed E-state index contributed by atoms with van der Waals surface area (Å²) >= 11 is 5.74. The third-order valence-corrected chi connectivity index (χ3v) is 3.85. The van der Waals surface area contributed by atoms with E-state index in [9.17, 15) is 4.79 Å². The van der Waals surface area contributed by atoms with Gasteiger partial charge in [-0.3, -0.25) is 0 Å². The normalized spacial score (nSPS) is 13.8. The average Bonchev–Trinajstić information content (AvgIpc) is 2.80. The maximum Gasteiger partial charge on any atom is 0.360 e. The summed E-state index contributed by atoms with van der Waals surface area (Å²) in [6.45, 7) is 3.59. The fourth-order valence-corrected chi connectivity index (χ4v) is 2.63. The van der Waals surface area contributed by atoms with Crippen LogP contribution in [0.15, 0.2) is 18.2 Å². The van der Waals surface area contributed by atoms with Gasteiger partial charge in [-0.25, -0.2) is 9.78 Å². The summed E-state index contributed by atoms with van der Waals surface area (Å²) in [5.41, 5.74) is 0.878. The number of hydrogen-bond donors (Lipinski definition) is 2. The molecule has 2 rings (SSSR count). The number of nitrogens with one attached hydrogen (secondary N) is 1. The van der Waals surface area contributed by atoms with E-state index in [1.807, 2.05) is 19.2 Å². The second kappa shape index (κ2) is 5.88. The number of aromatic nitrogens is 1. The van der Waals surface area contributed by atoms with Gasteiger partial charge < -0.3 is 14.8 Å². The van der Waals surface area contributed by atoms with E-state index in [-0.39, 0.29) is 6.61 Å². The highest BCUT2D eigenvalue weighted by Crippen LogP contribution is 2.31. The van der Waals surface area contributed by atoms with Crippen LogP contribution in [0, 0.1) is 0 Å². The van der Waals surface area contributed by atoms with Gasteiger partial charge in [-0.15, -0.1) is 12.6 Å². The second-order valence-electron chi connectivity index (χ2n) is 4.20. The first-order valence-electron chi connectivity index (χ1n) is 6.13. The number of hydrogen-bond acceptors (Lipinski definition) is 7. The van der Waals surface area contributed by atoms with Gasteiger partial charge in [0.2, 0.25) is 4.93 Å². The molecule has 0 aliphatic rings. The van der Waals surface area contributed by atoms with Gasteiger partial charge in [0, 0.05) is 7.05 Å². The molecule has 0 aliphatic heterocycles. The molecule has 0 saturated carbocycles. The summed E-state index contributed by atoms with van der Waals surface area (Å²) in [6, 6.07) is 5.44. The van der Waals surface area contributed by atoms with Crippen LogP contribution in [0.2, 0.25) is 0 Å². The molecule has 1 atom stereocenters. The number of carbonyl (C=O) groups is 1. The standard InChI is InChI=1S/C13H16N2O3S2/c1-4-17-11(16)13(2,19)18-8-5-6-9-10(7-8)20-12(14-3)15-9/h5-7,19H,4H2,1-3H3,(H,14,15). The largest absolute Gasteiger partial charge is 0.466 e. The molecule has 1 N–H and O–H groups in total. The lowest BCUT2D eigenvalue weighted by Crippen LogP contribution is -2.37. The molecular formula is C13H16N2O3S2. The predicted molar refractivity (Wildman–Crippen MR) is 83.8 cm³/mol. The van der Waals surface area contributed by atoms with Gasteiger partial charge in [0.1, 0.15) is 5.75 Å². The van der Waals surface area contributed by atoms with Crippen LogP contribution in [0.3, 0.4) is 0 Å². The van der Waals surface area contributed by atoms with Crippen LogP contribution in [0.4, 0.5) is 5.13 Å². The molecule has 1 unspecified atom stereocenters. The fourth-order valence-electron chi connectivity index (χ4n) is 1.61. The number of esters is 1. The van der Waals surface area contributed by atoms with Gasteiger partial charge in [-0.1, -0.05) is 11.3 Å². The molecule has 1 heterocycles. The van der Waals surface area contributed by atoms with Crippen molar-refractivity contribution in [2.45, 2.75) is 18.8 Å². The number of benzene rings is 1. The Morgan fingerprint density at radius 1 is 1.55 bits per heavy atom. The third kappa shape index (κ3) is 3.16. The molecular weight excluding hydrogens is 296 g/mol. The molecule has 7 heteroatoms. The van der Waals surface area contributed by atoms with E-state index in [1.165, 1.54) is 11.3 Å². The average molecular weight is 312 g/mol. The number of thiol groups is 1. The van der Waals surface area contributed by atoms with Crippen LogP contribution < -0.4 is 10.1 Å².